The monoisotopic (exact) mass is 263 g/mol. The molecule has 1 N–H and O–H groups in total. The minimum atomic E-state index is -0.331. The molecule has 104 valence electrons. The molecule has 0 aromatic heterocycles. The van der Waals surface area contributed by atoms with E-state index in [9.17, 15) is 15.2 Å². The van der Waals surface area contributed by atoms with Gasteiger partial charge in [0, 0.05) is 11.6 Å². The zero-order valence-corrected chi connectivity index (χ0v) is 11.3. The van der Waals surface area contributed by atoms with Crippen molar-refractivity contribution in [2.75, 3.05) is 0 Å². The molecule has 19 heavy (non-hydrogen) atoms. The van der Waals surface area contributed by atoms with Crippen LogP contribution in [0.4, 0.5) is 5.69 Å². The van der Waals surface area contributed by atoms with Crippen molar-refractivity contribution in [3.63, 3.8) is 0 Å². The zero-order valence-electron chi connectivity index (χ0n) is 11.3. The van der Waals surface area contributed by atoms with Gasteiger partial charge in [0.1, 0.15) is 0 Å². The van der Waals surface area contributed by atoms with Crippen LogP contribution in [-0.2, 0) is 6.42 Å². The van der Waals surface area contributed by atoms with E-state index < -0.39 is 0 Å². The van der Waals surface area contributed by atoms with Crippen molar-refractivity contribution in [2.45, 2.75) is 51.6 Å². The Balaban J connectivity index is 2.18. The molecule has 2 unspecified atom stereocenters. The highest BCUT2D eigenvalue weighted by molar-refractivity contribution is 5.44. The van der Waals surface area contributed by atoms with E-state index in [4.69, 9.17) is 0 Å². The van der Waals surface area contributed by atoms with Crippen LogP contribution in [0.1, 0.15) is 43.2 Å². The number of hydrogen-bond donors (Lipinski definition) is 1. The molecule has 0 radical (unpaired) electrons. The summed E-state index contributed by atoms with van der Waals surface area (Å²) in [5.41, 5.74) is 1.92. The minimum Gasteiger partial charge on any atom is -0.393 e. The Labute approximate surface area is 113 Å². The fraction of sp³-hybridized carbons (Fsp3) is 0.600. The van der Waals surface area contributed by atoms with E-state index >= 15 is 0 Å². The first-order chi connectivity index (χ1) is 9.09. The SMILES string of the molecule is Cc1c(CC2CCCCCC2O)cccc1[N+](=O)[O-]. The average Bonchev–Trinajstić information content (AvgIpc) is 2.57. The summed E-state index contributed by atoms with van der Waals surface area (Å²) in [6.07, 6.45) is 5.78. The highest BCUT2D eigenvalue weighted by Gasteiger charge is 2.23. The summed E-state index contributed by atoms with van der Waals surface area (Å²) >= 11 is 0. The van der Waals surface area contributed by atoms with Crippen molar-refractivity contribution in [1.29, 1.82) is 0 Å². The minimum absolute atomic E-state index is 0.181. The number of benzene rings is 1. The molecule has 0 bridgehead atoms. The standard InChI is InChI=1S/C15H21NO3/c1-11-12(7-5-8-14(11)16(18)19)10-13-6-3-2-4-9-15(13)17/h5,7-8,13,15,17H,2-4,6,9-10H2,1H3. The van der Waals surface area contributed by atoms with Gasteiger partial charge in [0.25, 0.3) is 5.69 Å². The first-order valence-electron chi connectivity index (χ1n) is 7.00. The summed E-state index contributed by atoms with van der Waals surface area (Å²) in [5, 5.41) is 21.1. The lowest BCUT2D eigenvalue weighted by atomic mass is 9.88. The van der Waals surface area contributed by atoms with Gasteiger partial charge in [0.15, 0.2) is 0 Å². The molecule has 0 saturated heterocycles. The van der Waals surface area contributed by atoms with Crippen LogP contribution in [0.15, 0.2) is 18.2 Å². The highest BCUT2D eigenvalue weighted by atomic mass is 16.6. The van der Waals surface area contributed by atoms with Gasteiger partial charge in [-0.05, 0) is 37.7 Å². The summed E-state index contributed by atoms with van der Waals surface area (Å²) in [6, 6.07) is 5.23. The quantitative estimate of drug-likeness (QED) is 0.516. The number of nitro groups is 1. The van der Waals surface area contributed by atoms with Gasteiger partial charge < -0.3 is 5.11 Å². The number of aliphatic hydroxyl groups excluding tert-OH is 1. The largest absolute Gasteiger partial charge is 0.393 e. The Hall–Kier alpha value is -1.42. The van der Waals surface area contributed by atoms with Crippen molar-refractivity contribution < 1.29 is 10.0 Å². The van der Waals surface area contributed by atoms with Crippen LogP contribution < -0.4 is 0 Å². The molecule has 1 aromatic rings. The molecular weight excluding hydrogens is 242 g/mol. The predicted molar refractivity (Wildman–Crippen MR) is 74.1 cm³/mol. The topological polar surface area (TPSA) is 63.4 Å². The molecule has 0 heterocycles. The summed E-state index contributed by atoms with van der Waals surface area (Å²) in [5.74, 6) is 0.239. The smallest absolute Gasteiger partial charge is 0.272 e. The van der Waals surface area contributed by atoms with E-state index in [0.29, 0.717) is 0 Å². The van der Waals surface area contributed by atoms with E-state index in [1.807, 2.05) is 6.07 Å². The molecular formula is C15H21NO3. The Morgan fingerprint density at radius 3 is 2.79 bits per heavy atom. The zero-order chi connectivity index (χ0) is 13.8. The fourth-order valence-corrected chi connectivity index (χ4v) is 2.97. The van der Waals surface area contributed by atoms with Gasteiger partial charge in [-0.1, -0.05) is 31.4 Å². The Bertz CT molecular complexity index is 459. The van der Waals surface area contributed by atoms with Gasteiger partial charge in [0.05, 0.1) is 11.0 Å². The van der Waals surface area contributed by atoms with Crippen LogP contribution in [-0.4, -0.2) is 16.1 Å². The highest BCUT2D eigenvalue weighted by Crippen LogP contribution is 2.29. The maximum Gasteiger partial charge on any atom is 0.272 e. The first kappa shape index (κ1) is 14.0. The van der Waals surface area contributed by atoms with Gasteiger partial charge in [-0.15, -0.1) is 0 Å². The van der Waals surface area contributed by atoms with Crippen molar-refractivity contribution in [3.8, 4) is 0 Å². The lowest BCUT2D eigenvalue weighted by Crippen LogP contribution is -2.21. The maximum absolute atomic E-state index is 10.9. The van der Waals surface area contributed by atoms with Crippen molar-refractivity contribution in [1.82, 2.24) is 0 Å². The second-order valence-corrected chi connectivity index (χ2v) is 5.49. The van der Waals surface area contributed by atoms with Crippen LogP contribution in [0.5, 0.6) is 0 Å². The van der Waals surface area contributed by atoms with Crippen LogP contribution >= 0.6 is 0 Å². The van der Waals surface area contributed by atoms with E-state index in [2.05, 4.69) is 0 Å². The maximum atomic E-state index is 10.9. The summed E-state index contributed by atoms with van der Waals surface area (Å²) in [4.78, 5) is 10.6. The summed E-state index contributed by atoms with van der Waals surface area (Å²) in [6.45, 7) is 1.80. The lowest BCUT2D eigenvalue weighted by molar-refractivity contribution is -0.385. The van der Waals surface area contributed by atoms with Crippen molar-refractivity contribution in [3.05, 3.63) is 39.4 Å². The van der Waals surface area contributed by atoms with Crippen LogP contribution in [0, 0.1) is 23.0 Å². The van der Waals surface area contributed by atoms with Crippen molar-refractivity contribution in [2.24, 2.45) is 5.92 Å². The van der Waals surface area contributed by atoms with Crippen LogP contribution in [0.2, 0.25) is 0 Å². The number of hydrogen-bond acceptors (Lipinski definition) is 3. The molecule has 4 nitrogen and oxygen atoms in total. The molecule has 0 aliphatic heterocycles. The number of rotatable bonds is 3. The molecule has 0 spiro atoms. The lowest BCUT2D eigenvalue weighted by Gasteiger charge is -2.21. The Morgan fingerprint density at radius 1 is 1.32 bits per heavy atom. The predicted octanol–water partition coefficient (Wildman–Crippen LogP) is 3.39. The first-order valence-corrected chi connectivity index (χ1v) is 7.00. The van der Waals surface area contributed by atoms with Gasteiger partial charge in [-0.25, -0.2) is 0 Å². The van der Waals surface area contributed by atoms with Gasteiger partial charge in [0.2, 0.25) is 0 Å². The molecule has 1 aromatic carbocycles. The fourth-order valence-electron chi connectivity index (χ4n) is 2.97. The molecule has 1 aliphatic carbocycles. The van der Waals surface area contributed by atoms with E-state index in [1.165, 1.54) is 6.42 Å². The third kappa shape index (κ3) is 3.32. The molecule has 4 heteroatoms. The second-order valence-electron chi connectivity index (χ2n) is 5.49. The van der Waals surface area contributed by atoms with Crippen LogP contribution in [0.3, 0.4) is 0 Å². The molecule has 0 amide bonds. The van der Waals surface area contributed by atoms with E-state index in [0.717, 1.165) is 43.2 Å². The number of nitro benzene ring substituents is 1. The third-order valence-corrected chi connectivity index (χ3v) is 4.22. The second kappa shape index (κ2) is 6.15. The van der Waals surface area contributed by atoms with E-state index in [1.54, 1.807) is 19.1 Å². The third-order valence-electron chi connectivity index (χ3n) is 4.22. The molecule has 1 aliphatic rings. The molecule has 1 fully saturated rings. The van der Waals surface area contributed by atoms with E-state index in [-0.39, 0.29) is 22.6 Å². The number of aliphatic hydroxyl groups is 1. The number of nitrogens with zero attached hydrogens (tertiary/aromatic N) is 1. The summed E-state index contributed by atoms with van der Waals surface area (Å²) < 4.78 is 0. The molecule has 2 rings (SSSR count). The van der Waals surface area contributed by atoms with Gasteiger partial charge in [-0.3, -0.25) is 10.1 Å². The van der Waals surface area contributed by atoms with Crippen molar-refractivity contribution >= 4 is 5.69 Å². The summed E-state index contributed by atoms with van der Waals surface area (Å²) in [7, 11) is 0. The van der Waals surface area contributed by atoms with Crippen LogP contribution in [0.25, 0.3) is 0 Å². The van der Waals surface area contributed by atoms with Gasteiger partial charge >= 0.3 is 0 Å². The average molecular weight is 263 g/mol. The molecule has 2 atom stereocenters. The Kier molecular flexibility index (Phi) is 4.53. The Morgan fingerprint density at radius 2 is 2.05 bits per heavy atom. The van der Waals surface area contributed by atoms with Gasteiger partial charge in [-0.2, -0.15) is 0 Å². The molecule has 1 saturated carbocycles. The normalized spacial score (nSPS) is 23.9.